The molecule has 5 heteroatoms. The van der Waals surface area contributed by atoms with E-state index < -0.39 is 29.6 Å². The van der Waals surface area contributed by atoms with Gasteiger partial charge in [0.25, 0.3) is 0 Å². The zero-order chi connectivity index (χ0) is 15.6. The molecule has 3 atom stereocenters. The average Bonchev–Trinajstić information content (AvgIpc) is 2.72. The van der Waals surface area contributed by atoms with E-state index in [-0.39, 0.29) is 11.6 Å². The van der Waals surface area contributed by atoms with E-state index in [0.717, 1.165) is 25.7 Å². The van der Waals surface area contributed by atoms with Crippen molar-refractivity contribution in [3.8, 4) is 0 Å². The molecule has 3 unspecified atom stereocenters. The molecule has 1 N–H and O–H groups in total. The summed E-state index contributed by atoms with van der Waals surface area (Å²) in [6, 6.07) is 0. The fourth-order valence-corrected chi connectivity index (χ4v) is 3.32. The second-order valence-corrected chi connectivity index (χ2v) is 6.03. The summed E-state index contributed by atoms with van der Waals surface area (Å²) in [7, 11) is 0. The van der Waals surface area contributed by atoms with Gasteiger partial charge in [-0.3, -0.25) is 24.5 Å². The Kier molecular flexibility index (Phi) is 4.70. The van der Waals surface area contributed by atoms with Crippen molar-refractivity contribution in [3.63, 3.8) is 0 Å². The van der Waals surface area contributed by atoms with Crippen LogP contribution < -0.4 is 5.32 Å². The lowest BCUT2D eigenvalue weighted by atomic mass is 9.74. The monoisotopic (exact) mass is 291 g/mol. The quantitative estimate of drug-likeness (QED) is 0.475. The highest BCUT2D eigenvalue weighted by Crippen LogP contribution is 2.35. The molecular formula is C16H21NO4. The lowest BCUT2D eigenvalue weighted by Gasteiger charge is -2.25. The summed E-state index contributed by atoms with van der Waals surface area (Å²) < 4.78 is 0. The van der Waals surface area contributed by atoms with Gasteiger partial charge >= 0.3 is 0 Å². The number of fused-ring (bicyclic) bond motifs is 1. The van der Waals surface area contributed by atoms with Crippen LogP contribution in [0.1, 0.15) is 45.4 Å². The first kappa shape index (κ1) is 15.6. The van der Waals surface area contributed by atoms with Crippen LogP contribution in [-0.2, 0) is 19.2 Å². The van der Waals surface area contributed by atoms with Gasteiger partial charge in [-0.15, -0.1) is 0 Å². The Balaban J connectivity index is 2.37. The van der Waals surface area contributed by atoms with E-state index in [0.29, 0.717) is 18.4 Å². The number of carbonyl (C=O) groups excluding carboxylic acids is 4. The van der Waals surface area contributed by atoms with Crippen molar-refractivity contribution >= 4 is 23.4 Å². The number of nitrogens with one attached hydrogen (secondary N) is 1. The van der Waals surface area contributed by atoms with Crippen molar-refractivity contribution in [2.24, 2.45) is 17.8 Å². The Labute approximate surface area is 124 Å². The highest BCUT2D eigenvalue weighted by Gasteiger charge is 2.50. The van der Waals surface area contributed by atoms with Gasteiger partial charge in [0.15, 0.2) is 5.78 Å². The van der Waals surface area contributed by atoms with Gasteiger partial charge in [-0.1, -0.05) is 25.8 Å². The second-order valence-electron chi connectivity index (χ2n) is 6.03. The predicted molar refractivity (Wildman–Crippen MR) is 76.1 cm³/mol. The van der Waals surface area contributed by atoms with Crippen LogP contribution >= 0.6 is 0 Å². The number of allylic oxidation sites excluding steroid dienone is 1. The van der Waals surface area contributed by atoms with Crippen molar-refractivity contribution in [2.75, 3.05) is 0 Å². The van der Waals surface area contributed by atoms with Crippen LogP contribution in [-0.4, -0.2) is 23.4 Å². The molecule has 21 heavy (non-hydrogen) atoms. The number of hydrogen-bond donors (Lipinski definition) is 1. The highest BCUT2D eigenvalue weighted by atomic mass is 16.2. The third-order valence-electron chi connectivity index (χ3n) is 4.42. The number of rotatable bonds is 2. The van der Waals surface area contributed by atoms with Crippen molar-refractivity contribution in [2.45, 2.75) is 45.4 Å². The summed E-state index contributed by atoms with van der Waals surface area (Å²) in [5.41, 5.74) is 0.371. The summed E-state index contributed by atoms with van der Waals surface area (Å²) >= 11 is 0. The number of amides is 2. The number of Topliss-reactive ketones (excluding diaryl/α,β-unsaturated/α-hetero) is 2. The number of hydrogen-bond acceptors (Lipinski definition) is 4. The molecule has 2 aliphatic rings. The van der Waals surface area contributed by atoms with E-state index >= 15 is 0 Å². The van der Waals surface area contributed by atoms with Crippen molar-refractivity contribution in [3.05, 3.63) is 12.2 Å². The fourth-order valence-electron chi connectivity index (χ4n) is 3.32. The van der Waals surface area contributed by atoms with Crippen LogP contribution in [0, 0.1) is 17.8 Å². The van der Waals surface area contributed by atoms with E-state index in [1.807, 2.05) is 0 Å². The maximum absolute atomic E-state index is 12.4. The largest absolute Gasteiger partial charge is 0.299 e. The van der Waals surface area contributed by atoms with Crippen LogP contribution in [0.3, 0.4) is 0 Å². The molecule has 0 bridgehead atoms. The third kappa shape index (κ3) is 3.12. The molecule has 1 saturated carbocycles. The zero-order valence-corrected chi connectivity index (χ0v) is 12.3. The molecule has 0 aromatic carbocycles. The maximum atomic E-state index is 12.4. The van der Waals surface area contributed by atoms with Gasteiger partial charge in [-0.2, -0.15) is 0 Å². The molecular weight excluding hydrogens is 270 g/mol. The van der Waals surface area contributed by atoms with E-state index in [1.165, 1.54) is 0 Å². The lowest BCUT2D eigenvalue weighted by molar-refractivity contribution is -0.136. The molecule has 2 rings (SSSR count). The lowest BCUT2D eigenvalue weighted by Crippen LogP contribution is -2.36. The summed E-state index contributed by atoms with van der Waals surface area (Å²) in [5, 5.41) is 2.23. The molecule has 5 nitrogen and oxygen atoms in total. The molecule has 0 spiro atoms. The van der Waals surface area contributed by atoms with E-state index in [9.17, 15) is 19.2 Å². The smallest absolute Gasteiger partial charge is 0.237 e. The predicted octanol–water partition coefficient (Wildman–Crippen LogP) is 1.56. The van der Waals surface area contributed by atoms with Crippen LogP contribution in [0.15, 0.2) is 12.2 Å². The van der Waals surface area contributed by atoms with Crippen LogP contribution in [0.4, 0.5) is 0 Å². The van der Waals surface area contributed by atoms with Gasteiger partial charge in [0.1, 0.15) is 11.7 Å². The molecule has 1 heterocycles. The molecule has 114 valence electrons. The Bertz CT molecular complexity index is 508. The number of ketones is 2. The van der Waals surface area contributed by atoms with Gasteiger partial charge < -0.3 is 0 Å². The summed E-state index contributed by atoms with van der Waals surface area (Å²) in [6.07, 6.45) is 4.23. The standard InChI is InChI=1S/C16H21NO4/c1-9(2)14(19)10-7-5-3-4-6-8-11(18)13-12(10)15(20)17-16(13)21/h10,12-13H,1,3-8H2,2H3,(H,17,20,21). The van der Waals surface area contributed by atoms with E-state index in [2.05, 4.69) is 11.9 Å². The maximum Gasteiger partial charge on any atom is 0.237 e. The first-order valence-electron chi connectivity index (χ1n) is 7.50. The van der Waals surface area contributed by atoms with Gasteiger partial charge in [0, 0.05) is 12.3 Å². The normalized spacial score (nSPS) is 30.5. The average molecular weight is 291 g/mol. The van der Waals surface area contributed by atoms with Gasteiger partial charge in [0.05, 0.1) is 5.92 Å². The Morgan fingerprint density at radius 3 is 2.43 bits per heavy atom. The van der Waals surface area contributed by atoms with E-state index in [4.69, 9.17) is 0 Å². The molecule has 1 aliphatic heterocycles. The fraction of sp³-hybridized carbons (Fsp3) is 0.625. The molecule has 2 amide bonds. The van der Waals surface area contributed by atoms with E-state index in [1.54, 1.807) is 6.92 Å². The van der Waals surface area contributed by atoms with Gasteiger partial charge in [-0.05, 0) is 25.3 Å². The highest BCUT2D eigenvalue weighted by molar-refractivity contribution is 6.17. The van der Waals surface area contributed by atoms with Gasteiger partial charge in [0.2, 0.25) is 11.8 Å². The minimum Gasteiger partial charge on any atom is -0.299 e. The summed E-state index contributed by atoms with van der Waals surface area (Å²) in [6.45, 7) is 5.26. The Hall–Kier alpha value is -1.78. The van der Waals surface area contributed by atoms with Crippen LogP contribution in [0.2, 0.25) is 0 Å². The minimum absolute atomic E-state index is 0.205. The summed E-state index contributed by atoms with van der Waals surface area (Å²) in [4.78, 5) is 48.7. The second kappa shape index (κ2) is 6.33. The SMILES string of the molecule is C=C(C)C(=O)C1CCCCCCC(=O)C2C(=O)NC(=O)C12. The minimum atomic E-state index is -0.996. The third-order valence-corrected chi connectivity index (χ3v) is 4.42. The first-order valence-corrected chi connectivity index (χ1v) is 7.50. The molecule has 0 aromatic heterocycles. The Morgan fingerprint density at radius 1 is 1.10 bits per heavy atom. The Morgan fingerprint density at radius 2 is 1.76 bits per heavy atom. The topological polar surface area (TPSA) is 80.3 Å². The molecule has 1 aliphatic carbocycles. The molecule has 2 fully saturated rings. The zero-order valence-electron chi connectivity index (χ0n) is 12.3. The van der Waals surface area contributed by atoms with Crippen molar-refractivity contribution < 1.29 is 19.2 Å². The van der Waals surface area contributed by atoms with Gasteiger partial charge in [-0.25, -0.2) is 0 Å². The van der Waals surface area contributed by atoms with Crippen molar-refractivity contribution in [1.82, 2.24) is 5.32 Å². The number of carbonyl (C=O) groups is 4. The molecule has 0 aromatic rings. The summed E-state index contributed by atoms with van der Waals surface area (Å²) in [5.74, 6) is -3.92. The molecule has 1 saturated heterocycles. The molecule has 0 radical (unpaired) electrons. The first-order chi connectivity index (χ1) is 9.93. The number of imide groups is 1. The van der Waals surface area contributed by atoms with Crippen LogP contribution in [0.5, 0.6) is 0 Å². The van der Waals surface area contributed by atoms with Crippen molar-refractivity contribution in [1.29, 1.82) is 0 Å². The van der Waals surface area contributed by atoms with Crippen LogP contribution in [0.25, 0.3) is 0 Å².